The van der Waals surface area contributed by atoms with Crippen molar-refractivity contribution in [1.82, 2.24) is 24.6 Å². The molecule has 1 aromatic heterocycles. The van der Waals surface area contributed by atoms with Crippen LogP contribution in [0.1, 0.15) is 47.4 Å². The number of rotatable bonds is 5. The second-order valence-electron chi connectivity index (χ2n) is 9.95. The van der Waals surface area contributed by atoms with E-state index in [2.05, 4.69) is 0 Å². The Bertz CT molecular complexity index is 1100. The highest BCUT2D eigenvalue weighted by molar-refractivity contribution is 7.91. The summed E-state index contributed by atoms with van der Waals surface area (Å²) >= 11 is 0. The molecule has 11 nitrogen and oxygen atoms in total. The number of aryl methyl sites for hydroxylation is 1. The van der Waals surface area contributed by atoms with Gasteiger partial charge in [0.2, 0.25) is 5.91 Å². The van der Waals surface area contributed by atoms with Gasteiger partial charge in [-0.3, -0.25) is 19.5 Å². The van der Waals surface area contributed by atoms with Crippen molar-refractivity contribution >= 4 is 27.7 Å². The molecule has 3 fully saturated rings. The lowest BCUT2D eigenvalue weighted by Crippen LogP contribution is -2.51. The predicted molar refractivity (Wildman–Crippen MR) is 137 cm³/mol. The summed E-state index contributed by atoms with van der Waals surface area (Å²) < 4.78 is 28.4. The number of hydrogen-bond donors (Lipinski definition) is 0. The first-order valence-corrected chi connectivity index (χ1v) is 14.9. The summed E-state index contributed by atoms with van der Waals surface area (Å²) in [5.41, 5.74) is 2.22. The second-order valence-corrected chi connectivity index (χ2v) is 12.3. The van der Waals surface area contributed by atoms with Crippen molar-refractivity contribution in [2.45, 2.75) is 32.6 Å². The zero-order valence-corrected chi connectivity index (χ0v) is 22.5. The molecule has 204 valence electrons. The van der Waals surface area contributed by atoms with E-state index < -0.39 is 9.84 Å². The second kappa shape index (κ2) is 11.8. The SMILES string of the molecule is CCOC(=O)N1CCN(C(=O)c2ccc(C)nc2C2CCN(C(=O)CN3CCS(=O)(=O)CC3)CC2)CC1. The Morgan fingerprint density at radius 3 is 2.16 bits per heavy atom. The number of pyridine rings is 1. The Morgan fingerprint density at radius 2 is 1.54 bits per heavy atom. The first-order chi connectivity index (χ1) is 17.7. The molecule has 0 aromatic carbocycles. The molecule has 4 heterocycles. The standard InChI is InChI=1S/C25H37N5O6S/c1-3-36-25(33)30-12-10-29(11-13-30)24(32)21-5-4-19(2)26-23(21)20-6-8-28(9-7-20)22(31)18-27-14-16-37(34,35)17-15-27/h4-5,20H,3,6-18H2,1-2H3. The van der Waals surface area contributed by atoms with Gasteiger partial charge >= 0.3 is 6.09 Å². The molecule has 37 heavy (non-hydrogen) atoms. The van der Waals surface area contributed by atoms with Crippen LogP contribution in [0.4, 0.5) is 4.79 Å². The van der Waals surface area contributed by atoms with Crippen LogP contribution in [0.15, 0.2) is 12.1 Å². The van der Waals surface area contributed by atoms with E-state index in [0.717, 1.165) is 11.4 Å². The smallest absolute Gasteiger partial charge is 0.409 e. The maximum Gasteiger partial charge on any atom is 0.409 e. The summed E-state index contributed by atoms with van der Waals surface area (Å²) in [6, 6.07) is 3.70. The van der Waals surface area contributed by atoms with Gasteiger partial charge in [0.1, 0.15) is 0 Å². The lowest BCUT2D eigenvalue weighted by molar-refractivity contribution is -0.133. The highest BCUT2D eigenvalue weighted by atomic mass is 32.2. The van der Waals surface area contributed by atoms with Gasteiger partial charge in [0.25, 0.3) is 5.91 Å². The van der Waals surface area contributed by atoms with Gasteiger partial charge in [-0.05, 0) is 38.8 Å². The normalized spacial score (nSPS) is 21.1. The molecule has 12 heteroatoms. The molecule has 3 aliphatic rings. The molecule has 3 saturated heterocycles. The number of aromatic nitrogens is 1. The number of ether oxygens (including phenoxy) is 1. The number of sulfone groups is 1. The number of piperazine rings is 1. The summed E-state index contributed by atoms with van der Waals surface area (Å²) in [7, 11) is -2.97. The highest BCUT2D eigenvalue weighted by Gasteiger charge is 2.32. The highest BCUT2D eigenvalue weighted by Crippen LogP contribution is 2.30. The van der Waals surface area contributed by atoms with E-state index in [1.54, 1.807) is 16.7 Å². The Balaban J connectivity index is 1.35. The molecule has 0 atom stereocenters. The summed E-state index contributed by atoms with van der Waals surface area (Å²) in [6.45, 7) is 7.95. The molecular formula is C25H37N5O6S. The van der Waals surface area contributed by atoms with Crippen LogP contribution in [0, 0.1) is 6.92 Å². The number of carbonyl (C=O) groups is 3. The number of amides is 3. The lowest BCUT2D eigenvalue weighted by Gasteiger charge is -2.36. The fourth-order valence-electron chi connectivity index (χ4n) is 5.15. The zero-order chi connectivity index (χ0) is 26.6. The Kier molecular flexibility index (Phi) is 8.68. The Morgan fingerprint density at radius 1 is 0.919 bits per heavy atom. The summed E-state index contributed by atoms with van der Waals surface area (Å²) in [4.78, 5) is 50.2. The van der Waals surface area contributed by atoms with Crippen molar-refractivity contribution in [3.63, 3.8) is 0 Å². The first kappa shape index (κ1) is 27.3. The van der Waals surface area contributed by atoms with Crippen molar-refractivity contribution in [2.24, 2.45) is 0 Å². The molecule has 0 saturated carbocycles. The number of hydrogen-bond acceptors (Lipinski definition) is 8. The third-order valence-electron chi connectivity index (χ3n) is 7.42. The molecular weight excluding hydrogens is 498 g/mol. The quantitative estimate of drug-likeness (QED) is 0.542. The number of carbonyl (C=O) groups excluding carboxylic acids is 3. The molecule has 3 aliphatic heterocycles. The van der Waals surface area contributed by atoms with Gasteiger partial charge < -0.3 is 19.4 Å². The maximum absolute atomic E-state index is 13.5. The molecule has 0 unspecified atom stereocenters. The van der Waals surface area contributed by atoms with Gasteiger partial charge in [0.05, 0.1) is 35.9 Å². The van der Waals surface area contributed by atoms with Gasteiger partial charge in [-0.2, -0.15) is 0 Å². The van der Waals surface area contributed by atoms with E-state index in [1.807, 2.05) is 28.9 Å². The third-order valence-corrected chi connectivity index (χ3v) is 9.03. The average Bonchev–Trinajstić information content (AvgIpc) is 2.90. The van der Waals surface area contributed by atoms with Gasteiger partial charge in [-0.25, -0.2) is 13.2 Å². The van der Waals surface area contributed by atoms with Gasteiger partial charge in [-0.15, -0.1) is 0 Å². The van der Waals surface area contributed by atoms with Crippen molar-refractivity contribution in [2.75, 3.05) is 77.0 Å². The first-order valence-electron chi connectivity index (χ1n) is 13.1. The van der Waals surface area contributed by atoms with Crippen LogP contribution in [0.5, 0.6) is 0 Å². The van der Waals surface area contributed by atoms with Crippen LogP contribution >= 0.6 is 0 Å². The van der Waals surface area contributed by atoms with E-state index in [1.165, 1.54) is 0 Å². The Hall–Kier alpha value is -2.73. The van der Waals surface area contributed by atoms with Crippen molar-refractivity contribution in [1.29, 1.82) is 0 Å². The minimum atomic E-state index is -2.97. The maximum atomic E-state index is 13.5. The summed E-state index contributed by atoms with van der Waals surface area (Å²) in [5, 5.41) is 0. The van der Waals surface area contributed by atoms with E-state index in [0.29, 0.717) is 77.4 Å². The molecule has 0 N–H and O–H groups in total. The predicted octanol–water partition coefficient (Wildman–Crippen LogP) is 0.741. The van der Waals surface area contributed by atoms with Gasteiger partial charge in [0.15, 0.2) is 9.84 Å². The molecule has 0 radical (unpaired) electrons. The number of piperidine rings is 1. The van der Waals surface area contributed by atoms with Gasteiger partial charge in [0, 0.05) is 64.0 Å². The molecule has 3 amide bonds. The molecule has 0 aliphatic carbocycles. The van der Waals surface area contributed by atoms with Crippen molar-refractivity contribution in [3.05, 3.63) is 29.1 Å². The topological polar surface area (TPSA) is 120 Å². The number of nitrogens with zero attached hydrogens (tertiary/aromatic N) is 5. The fourth-order valence-corrected chi connectivity index (χ4v) is 6.42. The van der Waals surface area contributed by atoms with E-state index in [9.17, 15) is 22.8 Å². The minimum Gasteiger partial charge on any atom is -0.450 e. The Labute approximate surface area is 218 Å². The molecule has 0 spiro atoms. The average molecular weight is 536 g/mol. The third kappa shape index (κ3) is 6.78. The van der Waals surface area contributed by atoms with Crippen LogP contribution in [-0.4, -0.2) is 128 Å². The number of likely N-dealkylation sites (tertiary alicyclic amines) is 1. The summed E-state index contributed by atoms with van der Waals surface area (Å²) in [6.07, 6.45) is 1.08. The van der Waals surface area contributed by atoms with Crippen LogP contribution in [0.2, 0.25) is 0 Å². The zero-order valence-electron chi connectivity index (χ0n) is 21.7. The van der Waals surface area contributed by atoms with Crippen molar-refractivity contribution in [3.8, 4) is 0 Å². The molecule has 0 bridgehead atoms. The van der Waals surface area contributed by atoms with E-state index in [-0.39, 0.29) is 41.9 Å². The molecule has 1 aromatic rings. The van der Waals surface area contributed by atoms with Crippen LogP contribution in [-0.2, 0) is 19.4 Å². The van der Waals surface area contributed by atoms with Crippen molar-refractivity contribution < 1.29 is 27.5 Å². The molecule has 4 rings (SSSR count). The van der Waals surface area contributed by atoms with Gasteiger partial charge in [-0.1, -0.05) is 0 Å². The monoisotopic (exact) mass is 535 g/mol. The van der Waals surface area contributed by atoms with Crippen LogP contribution < -0.4 is 0 Å². The van der Waals surface area contributed by atoms with E-state index in [4.69, 9.17) is 9.72 Å². The van der Waals surface area contributed by atoms with Crippen LogP contribution in [0.25, 0.3) is 0 Å². The van der Waals surface area contributed by atoms with E-state index >= 15 is 0 Å². The van der Waals surface area contributed by atoms with Crippen LogP contribution in [0.3, 0.4) is 0 Å². The largest absolute Gasteiger partial charge is 0.450 e. The minimum absolute atomic E-state index is 0.0192. The lowest BCUT2D eigenvalue weighted by atomic mass is 9.89. The fraction of sp³-hybridized carbons (Fsp3) is 0.680. The summed E-state index contributed by atoms with van der Waals surface area (Å²) in [5.74, 6) is 0.227.